The van der Waals surface area contributed by atoms with Gasteiger partial charge in [0.2, 0.25) is 0 Å². The van der Waals surface area contributed by atoms with Crippen molar-refractivity contribution in [1.29, 1.82) is 0 Å². The third kappa shape index (κ3) is 4.94. The van der Waals surface area contributed by atoms with Crippen molar-refractivity contribution < 1.29 is 18.6 Å². The van der Waals surface area contributed by atoms with E-state index in [2.05, 4.69) is 9.80 Å². The largest absolute Gasteiger partial charge is 0.396 e. The molecule has 0 radical (unpaired) electrons. The van der Waals surface area contributed by atoms with E-state index in [1.54, 1.807) is 13.2 Å². The standard InChI is InChI=1S/C17H26F2N2O2/c1-20(6-7-23-2)8-14-10-21(11-15(14)12-22)9-13-4-3-5-16(18)17(13)19/h3-5,14-15,22H,6-12H2,1-2H3/t14-,15-/m1/s1. The topological polar surface area (TPSA) is 35.9 Å². The molecule has 2 rings (SSSR count). The lowest BCUT2D eigenvalue weighted by molar-refractivity contribution is 0.136. The second-order valence-electron chi connectivity index (χ2n) is 6.36. The average Bonchev–Trinajstić information content (AvgIpc) is 2.91. The predicted molar refractivity (Wildman–Crippen MR) is 85.1 cm³/mol. The van der Waals surface area contributed by atoms with Gasteiger partial charge in [-0.25, -0.2) is 8.78 Å². The van der Waals surface area contributed by atoms with Gasteiger partial charge in [-0.3, -0.25) is 4.90 Å². The zero-order valence-electron chi connectivity index (χ0n) is 13.8. The molecule has 4 nitrogen and oxygen atoms in total. The van der Waals surface area contributed by atoms with Gasteiger partial charge in [-0.2, -0.15) is 0 Å². The SMILES string of the molecule is COCCN(C)C[C@@H]1CN(Cc2cccc(F)c2F)C[C@@H]1CO. The van der Waals surface area contributed by atoms with Crippen LogP contribution < -0.4 is 0 Å². The highest BCUT2D eigenvalue weighted by atomic mass is 19.2. The van der Waals surface area contributed by atoms with Gasteiger partial charge < -0.3 is 14.7 Å². The molecule has 2 atom stereocenters. The Bertz CT molecular complexity index is 501. The van der Waals surface area contributed by atoms with Crippen LogP contribution in [0.1, 0.15) is 5.56 Å². The van der Waals surface area contributed by atoms with E-state index in [0.717, 1.165) is 25.7 Å². The fourth-order valence-electron chi connectivity index (χ4n) is 3.23. The van der Waals surface area contributed by atoms with Crippen molar-refractivity contribution >= 4 is 0 Å². The molecule has 130 valence electrons. The molecule has 1 saturated heterocycles. The smallest absolute Gasteiger partial charge is 0.163 e. The minimum Gasteiger partial charge on any atom is -0.396 e. The molecule has 1 heterocycles. The minimum atomic E-state index is -0.809. The third-order valence-electron chi connectivity index (χ3n) is 4.54. The van der Waals surface area contributed by atoms with E-state index in [0.29, 0.717) is 31.2 Å². The fraction of sp³-hybridized carbons (Fsp3) is 0.647. The second-order valence-corrected chi connectivity index (χ2v) is 6.36. The Labute approximate surface area is 136 Å². The summed E-state index contributed by atoms with van der Waals surface area (Å²) in [6, 6.07) is 4.28. The molecule has 0 aromatic heterocycles. The zero-order valence-corrected chi connectivity index (χ0v) is 13.8. The third-order valence-corrected chi connectivity index (χ3v) is 4.54. The van der Waals surface area contributed by atoms with Crippen LogP contribution in [0.15, 0.2) is 18.2 Å². The molecule has 0 bridgehead atoms. The maximum absolute atomic E-state index is 13.8. The Morgan fingerprint density at radius 1 is 1.30 bits per heavy atom. The predicted octanol–water partition coefficient (Wildman–Crippen LogP) is 1.58. The molecule has 1 fully saturated rings. The number of aliphatic hydroxyl groups excluding tert-OH is 1. The van der Waals surface area contributed by atoms with E-state index in [1.165, 1.54) is 6.07 Å². The first kappa shape index (κ1) is 18.3. The summed E-state index contributed by atoms with van der Waals surface area (Å²) in [6.45, 7) is 4.34. The Kier molecular flexibility index (Phi) is 6.89. The monoisotopic (exact) mass is 328 g/mol. The normalized spacial score (nSPS) is 22.2. The van der Waals surface area contributed by atoms with E-state index < -0.39 is 11.6 Å². The van der Waals surface area contributed by atoms with Gasteiger partial charge in [-0.15, -0.1) is 0 Å². The Hall–Kier alpha value is -1.08. The number of aliphatic hydroxyl groups is 1. The van der Waals surface area contributed by atoms with Crippen molar-refractivity contribution in [2.75, 3.05) is 53.6 Å². The van der Waals surface area contributed by atoms with Crippen LogP contribution in [0.5, 0.6) is 0 Å². The molecule has 1 aromatic carbocycles. The van der Waals surface area contributed by atoms with Gasteiger partial charge in [0.1, 0.15) is 0 Å². The zero-order chi connectivity index (χ0) is 16.8. The molecule has 1 aliphatic heterocycles. The molecule has 1 aromatic rings. The highest BCUT2D eigenvalue weighted by molar-refractivity contribution is 5.19. The molecule has 0 spiro atoms. The number of benzene rings is 1. The van der Waals surface area contributed by atoms with Crippen molar-refractivity contribution in [3.8, 4) is 0 Å². The molecule has 1 aliphatic rings. The quantitative estimate of drug-likeness (QED) is 0.786. The number of likely N-dealkylation sites (tertiary alicyclic amines) is 1. The Morgan fingerprint density at radius 2 is 2.04 bits per heavy atom. The molecular weight excluding hydrogens is 302 g/mol. The second kappa shape index (κ2) is 8.68. The van der Waals surface area contributed by atoms with Gasteiger partial charge in [0, 0.05) is 52.0 Å². The van der Waals surface area contributed by atoms with Gasteiger partial charge >= 0.3 is 0 Å². The van der Waals surface area contributed by atoms with Crippen LogP contribution in [-0.4, -0.2) is 68.5 Å². The number of halogens is 2. The van der Waals surface area contributed by atoms with Crippen LogP contribution in [0.3, 0.4) is 0 Å². The first-order valence-electron chi connectivity index (χ1n) is 7.98. The Morgan fingerprint density at radius 3 is 2.74 bits per heavy atom. The molecule has 6 heteroatoms. The number of hydrogen-bond donors (Lipinski definition) is 1. The summed E-state index contributed by atoms with van der Waals surface area (Å²) in [7, 11) is 3.71. The van der Waals surface area contributed by atoms with Gasteiger partial charge in [0.25, 0.3) is 0 Å². The summed E-state index contributed by atoms with van der Waals surface area (Å²) in [6.07, 6.45) is 0. The van der Waals surface area contributed by atoms with E-state index in [1.807, 2.05) is 7.05 Å². The maximum atomic E-state index is 13.8. The van der Waals surface area contributed by atoms with E-state index in [4.69, 9.17) is 4.74 Å². The maximum Gasteiger partial charge on any atom is 0.163 e. The summed E-state index contributed by atoms with van der Waals surface area (Å²) >= 11 is 0. The number of rotatable bonds is 8. The van der Waals surface area contributed by atoms with Crippen molar-refractivity contribution in [1.82, 2.24) is 9.80 Å². The van der Waals surface area contributed by atoms with Crippen molar-refractivity contribution in [3.63, 3.8) is 0 Å². The summed E-state index contributed by atoms with van der Waals surface area (Å²) in [5, 5.41) is 9.60. The van der Waals surface area contributed by atoms with E-state index >= 15 is 0 Å². The lowest BCUT2D eigenvalue weighted by Gasteiger charge is -2.23. The van der Waals surface area contributed by atoms with Crippen molar-refractivity contribution in [2.24, 2.45) is 11.8 Å². The van der Waals surface area contributed by atoms with Crippen LogP contribution in [0.25, 0.3) is 0 Å². The number of nitrogens with zero attached hydrogens (tertiary/aromatic N) is 2. The average molecular weight is 328 g/mol. The molecule has 1 N–H and O–H groups in total. The van der Waals surface area contributed by atoms with E-state index in [-0.39, 0.29) is 12.5 Å². The van der Waals surface area contributed by atoms with Crippen LogP contribution in [0.2, 0.25) is 0 Å². The van der Waals surface area contributed by atoms with Gasteiger partial charge in [0.15, 0.2) is 11.6 Å². The lowest BCUT2D eigenvalue weighted by Crippen LogP contribution is -2.33. The summed E-state index contributed by atoms with van der Waals surface area (Å²) < 4.78 is 32.2. The highest BCUT2D eigenvalue weighted by Crippen LogP contribution is 2.26. The van der Waals surface area contributed by atoms with Crippen molar-refractivity contribution in [3.05, 3.63) is 35.4 Å². The summed E-state index contributed by atoms with van der Waals surface area (Å²) in [5.41, 5.74) is 0.370. The van der Waals surface area contributed by atoms with Gasteiger partial charge in [-0.1, -0.05) is 12.1 Å². The molecule has 0 saturated carbocycles. The molecule has 23 heavy (non-hydrogen) atoms. The number of ether oxygens (including phenoxy) is 1. The van der Waals surface area contributed by atoms with E-state index in [9.17, 15) is 13.9 Å². The van der Waals surface area contributed by atoms with Gasteiger partial charge in [0.05, 0.1) is 6.61 Å². The first-order valence-corrected chi connectivity index (χ1v) is 7.98. The molecule has 0 amide bonds. The van der Waals surface area contributed by atoms with Crippen LogP contribution in [0.4, 0.5) is 8.78 Å². The first-order chi connectivity index (χ1) is 11.0. The highest BCUT2D eigenvalue weighted by Gasteiger charge is 2.33. The van der Waals surface area contributed by atoms with Crippen LogP contribution in [-0.2, 0) is 11.3 Å². The summed E-state index contributed by atoms with van der Waals surface area (Å²) in [5.74, 6) is -1.10. The molecule has 0 unspecified atom stereocenters. The number of likely N-dealkylation sites (N-methyl/N-ethyl adjacent to an activating group) is 1. The minimum absolute atomic E-state index is 0.116. The lowest BCUT2D eigenvalue weighted by atomic mass is 9.96. The number of hydrogen-bond acceptors (Lipinski definition) is 4. The Balaban J connectivity index is 1.94. The van der Waals surface area contributed by atoms with Crippen LogP contribution >= 0.6 is 0 Å². The van der Waals surface area contributed by atoms with Crippen LogP contribution in [0, 0.1) is 23.5 Å². The number of methoxy groups -OCH3 is 1. The van der Waals surface area contributed by atoms with Gasteiger partial charge in [-0.05, 0) is 24.9 Å². The van der Waals surface area contributed by atoms with Crippen molar-refractivity contribution in [2.45, 2.75) is 6.54 Å². The molecule has 0 aliphatic carbocycles. The summed E-state index contributed by atoms with van der Waals surface area (Å²) in [4.78, 5) is 4.27. The fourth-order valence-corrected chi connectivity index (χ4v) is 3.23. The molecular formula is C17H26F2N2O2.